The van der Waals surface area contributed by atoms with E-state index in [9.17, 15) is 0 Å². The minimum absolute atomic E-state index is 0.532. The van der Waals surface area contributed by atoms with Gasteiger partial charge < -0.3 is 9.64 Å². The zero-order valence-corrected chi connectivity index (χ0v) is 11.5. The first-order valence-electron chi connectivity index (χ1n) is 5.73. The van der Waals surface area contributed by atoms with Crippen molar-refractivity contribution in [3.8, 4) is 0 Å². The Labute approximate surface area is 89.6 Å². The van der Waals surface area contributed by atoms with Crippen LogP contribution in [0.5, 0.6) is 0 Å². The van der Waals surface area contributed by atoms with Crippen molar-refractivity contribution in [1.82, 2.24) is 4.90 Å². The molecule has 3 heteroatoms. The Morgan fingerprint density at radius 3 is 2.36 bits per heavy atom. The lowest BCUT2D eigenvalue weighted by Gasteiger charge is -2.34. The number of ether oxygens (including phenoxy) is 1. The molecule has 14 heavy (non-hydrogen) atoms. The van der Waals surface area contributed by atoms with Gasteiger partial charge in [0.25, 0.3) is 0 Å². The smallest absolute Gasteiger partial charge is 0.102 e. The highest BCUT2D eigenvalue weighted by molar-refractivity contribution is 6.80. The van der Waals surface area contributed by atoms with Crippen LogP contribution in [0.25, 0.3) is 0 Å². The molecule has 0 aromatic heterocycles. The van der Waals surface area contributed by atoms with Crippen molar-refractivity contribution in [3.05, 3.63) is 0 Å². The van der Waals surface area contributed by atoms with Crippen molar-refractivity contribution in [3.63, 3.8) is 0 Å². The summed E-state index contributed by atoms with van der Waals surface area (Å²) in [6.45, 7) is 13.7. The number of rotatable bonds is 3. The van der Waals surface area contributed by atoms with E-state index in [4.69, 9.17) is 4.74 Å². The standard InChI is InChI=1S/C11H25NOSi/c1-7-13-10-8-12(4)11(9(2)3)14(10,5)6/h9-11H,7-8H2,1-6H3/t10-,11+/m1/s1. The lowest BCUT2D eigenvalue weighted by Crippen LogP contribution is -2.52. The van der Waals surface area contributed by atoms with Crippen LogP contribution in [0, 0.1) is 5.92 Å². The second-order valence-corrected chi connectivity index (χ2v) is 10.3. The summed E-state index contributed by atoms with van der Waals surface area (Å²) < 4.78 is 5.89. The van der Waals surface area contributed by atoms with Crippen LogP contribution in [-0.2, 0) is 4.74 Å². The van der Waals surface area contributed by atoms with Gasteiger partial charge in [0.1, 0.15) is 8.07 Å². The first-order chi connectivity index (χ1) is 6.41. The summed E-state index contributed by atoms with van der Waals surface area (Å²) in [6.07, 6.45) is 0. The molecule has 0 unspecified atom stereocenters. The third-order valence-corrected chi connectivity index (χ3v) is 8.16. The van der Waals surface area contributed by atoms with Crippen molar-refractivity contribution >= 4 is 8.07 Å². The molecule has 2 atom stereocenters. The van der Waals surface area contributed by atoms with Crippen molar-refractivity contribution in [1.29, 1.82) is 0 Å². The summed E-state index contributed by atoms with van der Waals surface area (Å²) >= 11 is 0. The molecule has 1 saturated heterocycles. The van der Waals surface area contributed by atoms with Crippen molar-refractivity contribution < 1.29 is 4.74 Å². The molecule has 1 aliphatic rings. The van der Waals surface area contributed by atoms with Crippen LogP contribution in [0.15, 0.2) is 0 Å². The van der Waals surface area contributed by atoms with Gasteiger partial charge in [0.15, 0.2) is 0 Å². The third-order valence-electron chi connectivity index (χ3n) is 3.52. The predicted octanol–water partition coefficient (Wildman–Crippen LogP) is 2.15. The Morgan fingerprint density at radius 1 is 1.43 bits per heavy atom. The van der Waals surface area contributed by atoms with Crippen LogP contribution in [0.2, 0.25) is 13.1 Å². The van der Waals surface area contributed by atoms with E-state index in [2.05, 4.69) is 45.8 Å². The van der Waals surface area contributed by atoms with Crippen LogP contribution in [0.1, 0.15) is 20.8 Å². The van der Waals surface area contributed by atoms with E-state index in [0.717, 1.165) is 24.7 Å². The van der Waals surface area contributed by atoms with E-state index < -0.39 is 8.07 Å². The highest BCUT2D eigenvalue weighted by Crippen LogP contribution is 2.32. The molecule has 0 spiro atoms. The molecule has 2 nitrogen and oxygen atoms in total. The molecule has 0 saturated carbocycles. The predicted molar refractivity (Wildman–Crippen MR) is 64.2 cm³/mol. The average molecular weight is 215 g/mol. The third kappa shape index (κ3) is 2.04. The van der Waals surface area contributed by atoms with Crippen LogP contribution in [0.3, 0.4) is 0 Å². The van der Waals surface area contributed by atoms with Crippen molar-refractivity contribution in [2.24, 2.45) is 5.92 Å². The number of hydrogen-bond donors (Lipinski definition) is 0. The summed E-state index contributed by atoms with van der Waals surface area (Å²) in [5.74, 6) is 0.757. The van der Waals surface area contributed by atoms with Gasteiger partial charge in [-0.1, -0.05) is 26.9 Å². The molecule has 0 aromatic carbocycles. The summed E-state index contributed by atoms with van der Waals surface area (Å²) in [5, 5.41) is 0. The Kier molecular flexibility index (Phi) is 3.78. The lowest BCUT2D eigenvalue weighted by molar-refractivity contribution is 0.101. The summed E-state index contributed by atoms with van der Waals surface area (Å²) in [7, 11) is 1.01. The Hall–Kier alpha value is 0.137. The topological polar surface area (TPSA) is 12.5 Å². The first-order valence-corrected chi connectivity index (χ1v) is 8.88. The van der Waals surface area contributed by atoms with Gasteiger partial charge in [-0.2, -0.15) is 0 Å². The molecule has 1 aliphatic heterocycles. The highest BCUT2D eigenvalue weighted by atomic mass is 28.3. The van der Waals surface area contributed by atoms with E-state index in [1.54, 1.807) is 0 Å². The Bertz CT molecular complexity index is 194. The van der Waals surface area contributed by atoms with E-state index in [-0.39, 0.29) is 0 Å². The molecular weight excluding hydrogens is 190 g/mol. The Balaban J connectivity index is 2.79. The largest absolute Gasteiger partial charge is 0.381 e. The van der Waals surface area contributed by atoms with Gasteiger partial charge in [-0.25, -0.2) is 0 Å². The molecule has 0 amide bonds. The minimum Gasteiger partial charge on any atom is -0.381 e. The number of likely N-dealkylation sites (N-methyl/N-ethyl adjacent to an activating group) is 1. The van der Waals surface area contributed by atoms with E-state index in [1.165, 1.54) is 0 Å². The summed E-state index contributed by atoms with van der Waals surface area (Å²) in [4.78, 5) is 2.51. The molecule has 1 fully saturated rings. The maximum atomic E-state index is 5.89. The maximum absolute atomic E-state index is 5.89. The van der Waals surface area contributed by atoms with Crippen LogP contribution >= 0.6 is 0 Å². The van der Waals surface area contributed by atoms with Crippen molar-refractivity contribution in [2.75, 3.05) is 20.2 Å². The second kappa shape index (κ2) is 4.33. The normalized spacial score (nSPS) is 32.8. The van der Waals surface area contributed by atoms with Gasteiger partial charge in [0.05, 0.1) is 5.73 Å². The zero-order chi connectivity index (χ0) is 10.9. The SMILES string of the molecule is CCO[C@H]1CN(C)[C@H](C(C)C)[Si]1(C)C. The van der Waals surface area contributed by atoms with Gasteiger partial charge >= 0.3 is 0 Å². The number of hydrogen-bond acceptors (Lipinski definition) is 2. The first kappa shape index (κ1) is 12.2. The summed E-state index contributed by atoms with van der Waals surface area (Å²) in [5.41, 5.74) is 1.31. The molecule has 0 radical (unpaired) electrons. The second-order valence-electron chi connectivity index (χ2n) is 5.39. The van der Waals surface area contributed by atoms with Crippen molar-refractivity contribution in [2.45, 2.75) is 45.3 Å². The molecule has 0 bridgehead atoms. The molecule has 0 aromatic rings. The molecule has 84 valence electrons. The van der Waals surface area contributed by atoms with Crippen LogP contribution < -0.4 is 0 Å². The number of nitrogens with zero attached hydrogens (tertiary/aromatic N) is 1. The van der Waals surface area contributed by atoms with Crippen LogP contribution in [-0.4, -0.2) is 44.6 Å². The van der Waals surface area contributed by atoms with Crippen LogP contribution in [0.4, 0.5) is 0 Å². The summed E-state index contributed by atoms with van der Waals surface area (Å²) in [6, 6.07) is 0. The molecule has 0 aliphatic carbocycles. The minimum atomic E-state index is -1.24. The fourth-order valence-corrected chi connectivity index (χ4v) is 7.90. The molecule has 1 rings (SSSR count). The zero-order valence-electron chi connectivity index (χ0n) is 10.5. The highest BCUT2D eigenvalue weighted by Gasteiger charge is 2.49. The van der Waals surface area contributed by atoms with Gasteiger partial charge in [0, 0.05) is 18.8 Å². The molecule has 0 N–H and O–H groups in total. The molecule has 1 heterocycles. The Morgan fingerprint density at radius 2 is 2.00 bits per heavy atom. The fraction of sp³-hybridized carbons (Fsp3) is 1.00. The van der Waals surface area contributed by atoms with Gasteiger partial charge in [-0.05, 0) is 19.9 Å². The van der Waals surface area contributed by atoms with Gasteiger partial charge in [-0.3, -0.25) is 0 Å². The van der Waals surface area contributed by atoms with E-state index >= 15 is 0 Å². The van der Waals surface area contributed by atoms with Gasteiger partial charge in [-0.15, -0.1) is 0 Å². The lowest BCUT2D eigenvalue weighted by atomic mass is 10.2. The maximum Gasteiger partial charge on any atom is 0.102 e. The quantitative estimate of drug-likeness (QED) is 0.669. The van der Waals surface area contributed by atoms with E-state index in [0.29, 0.717) is 5.73 Å². The van der Waals surface area contributed by atoms with Gasteiger partial charge in [0.2, 0.25) is 0 Å². The molecular formula is C11H25NOSi. The fourth-order valence-electron chi connectivity index (χ4n) is 3.21. The average Bonchev–Trinajstić information content (AvgIpc) is 2.22. The van der Waals surface area contributed by atoms with E-state index in [1.807, 2.05) is 0 Å². The monoisotopic (exact) mass is 215 g/mol.